The van der Waals surface area contributed by atoms with E-state index in [0.29, 0.717) is 10.7 Å². The third kappa shape index (κ3) is 5.76. The van der Waals surface area contributed by atoms with Crippen LogP contribution in [0.2, 0.25) is 5.02 Å². The summed E-state index contributed by atoms with van der Waals surface area (Å²) in [5.74, 6) is -0.580. The van der Waals surface area contributed by atoms with Gasteiger partial charge in [-0.2, -0.15) is 5.10 Å². The van der Waals surface area contributed by atoms with Crippen LogP contribution in [0.25, 0.3) is 0 Å². The van der Waals surface area contributed by atoms with Crippen LogP contribution in [-0.4, -0.2) is 27.1 Å². The van der Waals surface area contributed by atoms with Crippen molar-refractivity contribution in [2.24, 2.45) is 5.10 Å². The predicted molar refractivity (Wildman–Crippen MR) is 132 cm³/mol. The molecule has 0 fully saturated rings. The van der Waals surface area contributed by atoms with Gasteiger partial charge in [0.15, 0.2) is 0 Å². The Labute approximate surface area is 201 Å². The maximum atomic E-state index is 13.4. The van der Waals surface area contributed by atoms with Gasteiger partial charge in [0.2, 0.25) is 0 Å². The second kappa shape index (κ2) is 10.3. The lowest BCUT2D eigenvalue weighted by atomic mass is 10.1. The van der Waals surface area contributed by atoms with E-state index in [1.807, 2.05) is 44.2 Å². The maximum Gasteiger partial charge on any atom is 0.264 e. The van der Waals surface area contributed by atoms with Gasteiger partial charge in [0, 0.05) is 15.1 Å². The van der Waals surface area contributed by atoms with Crippen molar-refractivity contribution in [3.05, 3.63) is 92.9 Å². The third-order valence-corrected chi connectivity index (χ3v) is 7.53. The van der Waals surface area contributed by atoms with E-state index >= 15 is 0 Å². The Balaban J connectivity index is 1.88. The largest absolute Gasteiger partial charge is 0.271 e. The van der Waals surface area contributed by atoms with Gasteiger partial charge in [-0.1, -0.05) is 51.8 Å². The Morgan fingerprint density at radius 1 is 1.06 bits per heavy atom. The number of nitrogens with zero attached hydrogens (tertiary/aromatic N) is 2. The van der Waals surface area contributed by atoms with E-state index in [4.69, 9.17) is 11.6 Å². The first-order valence-corrected chi connectivity index (χ1v) is 12.2. The molecule has 0 saturated heterocycles. The zero-order valence-corrected chi connectivity index (χ0v) is 20.6. The van der Waals surface area contributed by atoms with Crippen molar-refractivity contribution in [1.29, 1.82) is 0 Å². The van der Waals surface area contributed by atoms with E-state index in [-0.39, 0.29) is 4.90 Å². The van der Waals surface area contributed by atoms with Gasteiger partial charge in [-0.25, -0.2) is 13.8 Å². The molecule has 0 atom stereocenters. The molecule has 0 aromatic heterocycles. The van der Waals surface area contributed by atoms with Crippen molar-refractivity contribution in [2.45, 2.75) is 18.7 Å². The lowest BCUT2D eigenvalue weighted by molar-refractivity contribution is -0.119. The van der Waals surface area contributed by atoms with Gasteiger partial charge in [-0.15, -0.1) is 0 Å². The van der Waals surface area contributed by atoms with Crippen LogP contribution in [0.1, 0.15) is 16.7 Å². The van der Waals surface area contributed by atoms with Gasteiger partial charge < -0.3 is 0 Å². The van der Waals surface area contributed by atoms with Crippen LogP contribution in [0.4, 0.5) is 5.69 Å². The molecule has 0 radical (unpaired) electrons. The molecular formula is C23H21BrClN3O3S. The Hall–Kier alpha value is -2.68. The van der Waals surface area contributed by atoms with Crippen molar-refractivity contribution in [3.63, 3.8) is 0 Å². The van der Waals surface area contributed by atoms with Gasteiger partial charge >= 0.3 is 0 Å². The standard InChI is InChI=1S/C23H21BrClN3O3S/c1-16-7-10-20(13-17(16)2)28(32(30,31)21-11-8-19(25)9-12-21)15-23(29)27-26-14-18-5-3-4-6-22(18)24/h3-14H,15H2,1-2H3,(H,27,29)/b26-14-. The molecule has 0 unspecified atom stereocenters. The summed E-state index contributed by atoms with van der Waals surface area (Å²) in [6.07, 6.45) is 1.48. The molecule has 0 heterocycles. The Morgan fingerprint density at radius 3 is 2.41 bits per heavy atom. The molecule has 3 aromatic rings. The number of rotatable bonds is 7. The summed E-state index contributed by atoms with van der Waals surface area (Å²) in [4.78, 5) is 12.7. The first-order valence-electron chi connectivity index (χ1n) is 9.60. The zero-order chi connectivity index (χ0) is 23.3. The second-order valence-corrected chi connectivity index (χ2v) is 10.2. The van der Waals surface area contributed by atoms with Crippen LogP contribution in [0.5, 0.6) is 0 Å². The number of hydrogen-bond donors (Lipinski definition) is 1. The normalized spacial score (nSPS) is 11.5. The highest BCUT2D eigenvalue weighted by Crippen LogP contribution is 2.26. The van der Waals surface area contributed by atoms with Gasteiger partial charge in [-0.05, 0) is 67.4 Å². The van der Waals surface area contributed by atoms with E-state index in [9.17, 15) is 13.2 Å². The van der Waals surface area contributed by atoms with Gasteiger partial charge in [0.05, 0.1) is 16.8 Å². The number of nitrogens with one attached hydrogen (secondary N) is 1. The number of hydrogen-bond acceptors (Lipinski definition) is 4. The van der Waals surface area contributed by atoms with Crippen LogP contribution < -0.4 is 9.73 Å². The fourth-order valence-corrected chi connectivity index (χ4v) is 4.77. The van der Waals surface area contributed by atoms with Crippen molar-refractivity contribution >= 4 is 55.4 Å². The molecule has 0 aliphatic carbocycles. The quantitative estimate of drug-likeness (QED) is 0.340. The van der Waals surface area contributed by atoms with Crippen LogP contribution in [0.3, 0.4) is 0 Å². The summed E-state index contributed by atoms with van der Waals surface area (Å²) in [6, 6.07) is 18.4. The zero-order valence-electron chi connectivity index (χ0n) is 17.4. The first-order chi connectivity index (χ1) is 15.2. The number of halogens is 2. The molecule has 32 heavy (non-hydrogen) atoms. The van der Waals surface area contributed by atoms with E-state index in [1.165, 1.54) is 30.5 Å². The summed E-state index contributed by atoms with van der Waals surface area (Å²) in [6.45, 7) is 3.37. The SMILES string of the molecule is Cc1ccc(N(CC(=O)N/N=C\c2ccccc2Br)S(=O)(=O)c2ccc(Cl)cc2)cc1C. The molecule has 9 heteroatoms. The molecule has 3 aromatic carbocycles. The molecule has 0 spiro atoms. The number of hydrazone groups is 1. The van der Waals surface area contributed by atoms with E-state index in [0.717, 1.165) is 25.5 Å². The van der Waals surface area contributed by atoms with Crippen LogP contribution in [0, 0.1) is 13.8 Å². The topological polar surface area (TPSA) is 78.8 Å². The monoisotopic (exact) mass is 533 g/mol. The number of benzene rings is 3. The van der Waals surface area contributed by atoms with Crippen LogP contribution in [0.15, 0.2) is 81.2 Å². The number of amides is 1. The van der Waals surface area contributed by atoms with Crippen molar-refractivity contribution in [1.82, 2.24) is 5.43 Å². The number of sulfonamides is 1. The Morgan fingerprint density at radius 2 is 1.75 bits per heavy atom. The van der Waals surface area contributed by atoms with Gasteiger partial charge in [-0.3, -0.25) is 9.10 Å². The highest BCUT2D eigenvalue weighted by atomic mass is 79.9. The van der Waals surface area contributed by atoms with Gasteiger partial charge in [0.25, 0.3) is 15.9 Å². The summed E-state index contributed by atoms with van der Waals surface area (Å²) in [5, 5.41) is 4.37. The Bertz CT molecular complexity index is 1260. The molecule has 166 valence electrons. The molecule has 0 saturated carbocycles. The third-order valence-electron chi connectivity index (χ3n) is 4.77. The van der Waals surface area contributed by atoms with Gasteiger partial charge in [0.1, 0.15) is 6.54 Å². The smallest absolute Gasteiger partial charge is 0.264 e. The van der Waals surface area contributed by atoms with Crippen molar-refractivity contribution < 1.29 is 13.2 Å². The highest BCUT2D eigenvalue weighted by Gasteiger charge is 2.27. The minimum Gasteiger partial charge on any atom is -0.271 e. The minimum atomic E-state index is -4.02. The second-order valence-electron chi connectivity index (χ2n) is 7.05. The van der Waals surface area contributed by atoms with Crippen LogP contribution in [-0.2, 0) is 14.8 Å². The lowest BCUT2D eigenvalue weighted by Crippen LogP contribution is -2.39. The highest BCUT2D eigenvalue weighted by molar-refractivity contribution is 9.10. The van der Waals surface area contributed by atoms with E-state index in [2.05, 4.69) is 26.5 Å². The number of aryl methyl sites for hydroxylation is 2. The fraction of sp³-hybridized carbons (Fsp3) is 0.130. The summed E-state index contributed by atoms with van der Waals surface area (Å²) < 4.78 is 28.6. The average molecular weight is 535 g/mol. The molecule has 1 amide bonds. The number of carbonyl (C=O) groups excluding carboxylic acids is 1. The maximum absolute atomic E-state index is 13.4. The first kappa shape index (κ1) is 24.0. The molecule has 0 aliphatic heterocycles. The van der Waals surface area contributed by atoms with E-state index in [1.54, 1.807) is 12.1 Å². The Kier molecular flexibility index (Phi) is 7.71. The van der Waals surface area contributed by atoms with Crippen molar-refractivity contribution in [2.75, 3.05) is 10.8 Å². The van der Waals surface area contributed by atoms with Crippen molar-refractivity contribution in [3.8, 4) is 0 Å². The average Bonchev–Trinajstić information content (AvgIpc) is 2.75. The molecule has 6 nitrogen and oxygen atoms in total. The minimum absolute atomic E-state index is 0.0321. The number of anilines is 1. The summed E-state index contributed by atoms with van der Waals surface area (Å²) in [5.41, 5.74) is 5.48. The summed E-state index contributed by atoms with van der Waals surface area (Å²) >= 11 is 9.31. The fourth-order valence-electron chi connectivity index (χ4n) is 2.85. The predicted octanol–water partition coefficient (Wildman–Crippen LogP) is 5.06. The summed E-state index contributed by atoms with van der Waals surface area (Å²) in [7, 11) is -4.02. The molecule has 0 bridgehead atoms. The van der Waals surface area contributed by atoms with Crippen LogP contribution >= 0.6 is 27.5 Å². The lowest BCUT2D eigenvalue weighted by Gasteiger charge is -2.24. The van der Waals surface area contributed by atoms with E-state index < -0.39 is 22.5 Å². The molecule has 0 aliphatic rings. The molecule has 3 rings (SSSR count). The number of carbonyl (C=O) groups is 1. The molecule has 1 N–H and O–H groups in total. The molecular weight excluding hydrogens is 514 g/mol.